The van der Waals surface area contributed by atoms with E-state index in [1.54, 1.807) is 19.1 Å². The summed E-state index contributed by atoms with van der Waals surface area (Å²) in [5, 5.41) is 0. The van der Waals surface area contributed by atoms with Crippen LogP contribution in [0.1, 0.15) is 40.2 Å². The number of carbonyl (C=O) groups is 5. The minimum absolute atomic E-state index is 0.0160. The molecule has 5 atom stereocenters. The van der Waals surface area contributed by atoms with Crippen molar-refractivity contribution in [1.82, 2.24) is 0 Å². The van der Waals surface area contributed by atoms with E-state index < -0.39 is 67.2 Å². The highest BCUT2D eigenvalue weighted by Gasteiger charge is 2.53. The summed E-state index contributed by atoms with van der Waals surface area (Å²) in [5.74, 6) is -4.24. The second-order valence-electron chi connectivity index (χ2n) is 9.41. The number of hydrogen-bond acceptors (Lipinski definition) is 12. The van der Waals surface area contributed by atoms with E-state index >= 15 is 0 Å². The molecule has 0 unspecified atom stereocenters. The van der Waals surface area contributed by atoms with Crippen LogP contribution in [-0.4, -0.2) is 73.8 Å². The molecule has 12 heteroatoms. The van der Waals surface area contributed by atoms with Gasteiger partial charge in [-0.3, -0.25) is 19.2 Å². The third kappa shape index (κ3) is 9.67. The third-order valence-corrected chi connectivity index (χ3v) is 5.96. The molecule has 3 rings (SSSR count). The van der Waals surface area contributed by atoms with Crippen LogP contribution in [0, 0.1) is 0 Å². The zero-order chi connectivity index (χ0) is 31.5. The number of rotatable bonds is 11. The molecule has 230 valence electrons. The van der Waals surface area contributed by atoms with E-state index in [4.69, 9.17) is 33.2 Å². The number of carbonyl (C=O) groups excluding carboxylic acids is 5. The average molecular weight is 599 g/mol. The van der Waals surface area contributed by atoms with Crippen molar-refractivity contribution in [2.75, 3.05) is 13.2 Å². The molecule has 2 aromatic rings. The summed E-state index contributed by atoms with van der Waals surface area (Å²) in [6.45, 7) is 5.66. The molecule has 0 radical (unpaired) electrons. The molecule has 0 N–H and O–H groups in total. The third-order valence-electron chi connectivity index (χ3n) is 5.96. The molecule has 12 nitrogen and oxygen atoms in total. The summed E-state index contributed by atoms with van der Waals surface area (Å²) >= 11 is 0. The number of ether oxygens (including phenoxy) is 7. The second kappa shape index (κ2) is 15.5. The molecule has 0 aromatic heterocycles. The smallest absolute Gasteiger partial charge is 0.373 e. The van der Waals surface area contributed by atoms with Crippen LogP contribution in [0.15, 0.2) is 60.4 Å². The van der Waals surface area contributed by atoms with Crippen LogP contribution in [0.2, 0.25) is 0 Å². The number of benzene rings is 2. The van der Waals surface area contributed by atoms with E-state index in [0.717, 1.165) is 38.8 Å². The van der Waals surface area contributed by atoms with Gasteiger partial charge in [0, 0.05) is 27.7 Å². The highest BCUT2D eigenvalue weighted by atomic mass is 16.7. The minimum atomic E-state index is -1.60. The lowest BCUT2D eigenvalue weighted by Gasteiger charge is -2.43. The topological polar surface area (TPSA) is 150 Å². The first-order chi connectivity index (χ1) is 20.5. The molecule has 43 heavy (non-hydrogen) atoms. The number of esters is 5. The fourth-order valence-corrected chi connectivity index (χ4v) is 4.34. The van der Waals surface area contributed by atoms with Crippen molar-refractivity contribution < 1.29 is 57.1 Å². The fourth-order valence-electron chi connectivity index (χ4n) is 4.34. The largest absolute Gasteiger partial charge is 0.463 e. The van der Waals surface area contributed by atoms with Gasteiger partial charge in [0.05, 0.1) is 6.61 Å². The summed E-state index contributed by atoms with van der Waals surface area (Å²) in [7, 11) is 0. The van der Waals surface area contributed by atoms with E-state index in [-0.39, 0.29) is 12.4 Å². The molecule has 0 bridgehead atoms. The van der Waals surface area contributed by atoms with Crippen LogP contribution >= 0.6 is 0 Å². The van der Waals surface area contributed by atoms with Gasteiger partial charge >= 0.3 is 29.8 Å². The van der Waals surface area contributed by atoms with Gasteiger partial charge in [0.25, 0.3) is 0 Å². The van der Waals surface area contributed by atoms with Gasteiger partial charge in [0.2, 0.25) is 18.2 Å². The monoisotopic (exact) mass is 598 g/mol. The summed E-state index contributed by atoms with van der Waals surface area (Å²) < 4.78 is 38.5. The Morgan fingerprint density at radius 3 is 1.91 bits per heavy atom. The lowest BCUT2D eigenvalue weighted by Crippen LogP contribution is -2.63. The molecule has 2 aromatic carbocycles. The summed E-state index contributed by atoms with van der Waals surface area (Å²) in [5.41, 5.74) is 2.37. The van der Waals surface area contributed by atoms with E-state index in [0.29, 0.717) is 5.56 Å². The SMILES string of the molecule is CCOC(=O)C(=Cc1cccc(-c2ccccc2)c1)O[C@H]1O[C@@H](COC(C)=O)[C@H](OC(C)=O)[C@@H](OC(C)=O)[C@@H]1OC(C)=O. The fraction of sp³-hybridized carbons (Fsp3) is 0.387. The molecule has 1 heterocycles. The van der Waals surface area contributed by atoms with Gasteiger partial charge in [0.1, 0.15) is 12.7 Å². The van der Waals surface area contributed by atoms with Crippen molar-refractivity contribution in [2.24, 2.45) is 0 Å². The van der Waals surface area contributed by atoms with Crippen LogP contribution in [0.5, 0.6) is 0 Å². The van der Waals surface area contributed by atoms with Gasteiger partial charge in [-0.1, -0.05) is 48.5 Å². The molecule has 1 fully saturated rings. The Morgan fingerprint density at radius 1 is 0.698 bits per heavy atom. The lowest BCUT2D eigenvalue weighted by atomic mass is 9.98. The Balaban J connectivity index is 2.07. The average Bonchev–Trinajstić information content (AvgIpc) is 2.94. The van der Waals surface area contributed by atoms with Crippen molar-refractivity contribution in [3.05, 3.63) is 65.9 Å². The van der Waals surface area contributed by atoms with Crippen LogP contribution in [-0.2, 0) is 57.1 Å². The van der Waals surface area contributed by atoms with E-state index in [2.05, 4.69) is 0 Å². The van der Waals surface area contributed by atoms with Gasteiger partial charge in [-0.25, -0.2) is 4.79 Å². The standard InChI is InChI=1S/C31H34O12/c1-6-37-30(36)25(16-22-11-10-14-24(15-22)23-12-8-7-9-13-23)42-31-29(41-21(5)35)28(40-20(4)34)27(39-19(3)33)26(43-31)17-38-18(2)32/h7-16,26-29,31H,6,17H2,1-5H3/t26-,27-,28+,29-,31-/m0/s1. The summed E-state index contributed by atoms with van der Waals surface area (Å²) in [4.78, 5) is 60.9. The van der Waals surface area contributed by atoms with Crippen LogP contribution < -0.4 is 0 Å². The maximum absolute atomic E-state index is 13.1. The molecule has 0 spiro atoms. The van der Waals surface area contributed by atoms with Crippen molar-refractivity contribution in [3.63, 3.8) is 0 Å². The Bertz CT molecular complexity index is 1340. The Hall–Kier alpha value is -4.71. The van der Waals surface area contributed by atoms with Gasteiger partial charge in [-0.15, -0.1) is 0 Å². The maximum atomic E-state index is 13.1. The quantitative estimate of drug-likeness (QED) is 0.161. The van der Waals surface area contributed by atoms with Crippen LogP contribution in [0.4, 0.5) is 0 Å². The van der Waals surface area contributed by atoms with Crippen molar-refractivity contribution >= 4 is 35.9 Å². The van der Waals surface area contributed by atoms with Gasteiger partial charge in [-0.2, -0.15) is 0 Å². The second-order valence-corrected chi connectivity index (χ2v) is 9.41. The molecular formula is C31H34O12. The Morgan fingerprint density at radius 2 is 1.30 bits per heavy atom. The predicted octanol–water partition coefficient (Wildman–Crippen LogP) is 3.36. The van der Waals surface area contributed by atoms with Crippen molar-refractivity contribution in [3.8, 4) is 11.1 Å². The lowest BCUT2D eigenvalue weighted by molar-refractivity contribution is -0.299. The first kappa shape index (κ1) is 32.8. The highest BCUT2D eigenvalue weighted by molar-refractivity contribution is 5.91. The van der Waals surface area contributed by atoms with Crippen molar-refractivity contribution in [2.45, 2.75) is 65.3 Å². The van der Waals surface area contributed by atoms with Crippen LogP contribution in [0.3, 0.4) is 0 Å². The Labute approximate surface area is 248 Å². The van der Waals surface area contributed by atoms with E-state index in [1.807, 2.05) is 42.5 Å². The molecule has 0 amide bonds. The van der Waals surface area contributed by atoms with E-state index in [1.165, 1.54) is 6.08 Å². The van der Waals surface area contributed by atoms with Gasteiger partial charge in [0.15, 0.2) is 12.2 Å². The highest BCUT2D eigenvalue weighted by Crippen LogP contribution is 2.32. The Kier molecular flexibility index (Phi) is 11.8. The molecular weight excluding hydrogens is 564 g/mol. The molecule has 1 aliphatic rings. The summed E-state index contributed by atoms with van der Waals surface area (Å²) in [6.07, 6.45) is -5.80. The van der Waals surface area contributed by atoms with Gasteiger partial charge < -0.3 is 33.2 Å². The normalized spacial score (nSPS) is 21.6. The summed E-state index contributed by atoms with van der Waals surface area (Å²) in [6, 6.07) is 16.8. The first-order valence-corrected chi connectivity index (χ1v) is 13.5. The molecule has 0 saturated carbocycles. The molecule has 0 aliphatic carbocycles. The van der Waals surface area contributed by atoms with Crippen LogP contribution in [0.25, 0.3) is 17.2 Å². The molecule has 1 saturated heterocycles. The van der Waals surface area contributed by atoms with E-state index in [9.17, 15) is 24.0 Å². The van der Waals surface area contributed by atoms with Gasteiger partial charge in [-0.05, 0) is 35.8 Å². The first-order valence-electron chi connectivity index (χ1n) is 13.5. The number of hydrogen-bond donors (Lipinski definition) is 0. The zero-order valence-electron chi connectivity index (χ0n) is 24.5. The zero-order valence-corrected chi connectivity index (χ0v) is 24.5. The maximum Gasteiger partial charge on any atom is 0.373 e. The molecule has 1 aliphatic heterocycles. The predicted molar refractivity (Wildman–Crippen MR) is 150 cm³/mol. The van der Waals surface area contributed by atoms with Crippen molar-refractivity contribution in [1.29, 1.82) is 0 Å². The minimum Gasteiger partial charge on any atom is -0.463 e.